The van der Waals surface area contributed by atoms with Crippen molar-refractivity contribution < 1.29 is 4.79 Å². The summed E-state index contributed by atoms with van der Waals surface area (Å²) in [6.45, 7) is 6.77. The number of aryl methyl sites for hydroxylation is 1. The molecule has 9 heteroatoms. The Morgan fingerprint density at radius 2 is 2.21 bits per heavy atom. The van der Waals surface area contributed by atoms with Gasteiger partial charge in [0.25, 0.3) is 0 Å². The van der Waals surface area contributed by atoms with Gasteiger partial charge in [-0.05, 0) is 26.8 Å². The van der Waals surface area contributed by atoms with Crippen LogP contribution in [0.4, 0.5) is 5.13 Å². The number of thiazole rings is 1. The number of carbonyl (C=O) groups excluding carboxylic acids is 1. The van der Waals surface area contributed by atoms with E-state index in [0.717, 1.165) is 38.1 Å². The summed E-state index contributed by atoms with van der Waals surface area (Å²) in [7, 11) is 0. The van der Waals surface area contributed by atoms with Gasteiger partial charge in [-0.3, -0.25) is 9.36 Å². The molecule has 0 spiro atoms. The van der Waals surface area contributed by atoms with Gasteiger partial charge in [0.05, 0.1) is 5.75 Å². The van der Waals surface area contributed by atoms with Crippen LogP contribution in [0.15, 0.2) is 22.0 Å². The molecule has 3 rings (SSSR count). The molecule has 0 unspecified atom stereocenters. The minimum atomic E-state index is 0.0936. The van der Waals surface area contributed by atoms with Gasteiger partial charge in [0.1, 0.15) is 0 Å². The Bertz CT molecular complexity index is 838. The van der Waals surface area contributed by atoms with Gasteiger partial charge < -0.3 is 5.32 Å². The normalized spacial score (nSPS) is 11.0. The van der Waals surface area contributed by atoms with E-state index in [2.05, 4.69) is 20.5 Å². The zero-order valence-corrected chi connectivity index (χ0v) is 16.0. The summed E-state index contributed by atoms with van der Waals surface area (Å²) in [4.78, 5) is 16.9. The maximum Gasteiger partial charge on any atom is 0.206 e. The van der Waals surface area contributed by atoms with Gasteiger partial charge >= 0.3 is 0 Å². The van der Waals surface area contributed by atoms with Gasteiger partial charge in [0, 0.05) is 35.1 Å². The highest BCUT2D eigenvalue weighted by atomic mass is 32.2. The predicted octanol–water partition coefficient (Wildman–Crippen LogP) is 3.81. The van der Waals surface area contributed by atoms with E-state index in [0.29, 0.717) is 5.75 Å². The third-order valence-corrected chi connectivity index (χ3v) is 6.17. The fourth-order valence-corrected chi connectivity index (χ4v) is 4.82. The Kier molecular flexibility index (Phi) is 5.32. The van der Waals surface area contributed by atoms with Gasteiger partial charge in [-0.1, -0.05) is 23.1 Å². The molecule has 0 saturated heterocycles. The highest BCUT2D eigenvalue weighted by Crippen LogP contribution is 2.28. The molecule has 3 aromatic heterocycles. The summed E-state index contributed by atoms with van der Waals surface area (Å²) in [6, 6.07) is 1.93. The number of hydrogen-bond acceptors (Lipinski definition) is 8. The van der Waals surface area contributed by atoms with Gasteiger partial charge in [-0.25, -0.2) is 4.98 Å². The Morgan fingerprint density at radius 3 is 2.92 bits per heavy atom. The number of carbonyl (C=O) groups is 1. The molecule has 0 aliphatic rings. The Hall–Kier alpha value is -1.71. The largest absolute Gasteiger partial charge is 0.360 e. The van der Waals surface area contributed by atoms with Gasteiger partial charge in [0.15, 0.2) is 15.3 Å². The molecule has 0 aromatic carbocycles. The van der Waals surface area contributed by atoms with E-state index in [1.54, 1.807) is 17.5 Å². The van der Waals surface area contributed by atoms with E-state index in [9.17, 15) is 4.79 Å². The van der Waals surface area contributed by atoms with Crippen LogP contribution in [0.3, 0.4) is 0 Å². The van der Waals surface area contributed by atoms with E-state index >= 15 is 0 Å². The minimum Gasteiger partial charge on any atom is -0.360 e. The number of nitrogens with zero attached hydrogens (tertiary/aromatic N) is 4. The molecule has 0 amide bonds. The van der Waals surface area contributed by atoms with E-state index < -0.39 is 0 Å². The van der Waals surface area contributed by atoms with Crippen molar-refractivity contribution in [3.05, 3.63) is 34.6 Å². The summed E-state index contributed by atoms with van der Waals surface area (Å²) in [5.74, 6) is 0.444. The SMILES string of the molecule is CCNc1nnc(SCC(=O)c2cc(C)n(-c3nccs3)c2C)s1. The monoisotopic (exact) mass is 379 g/mol. The number of anilines is 1. The van der Waals surface area contributed by atoms with Crippen LogP contribution in [0.5, 0.6) is 0 Å². The molecule has 0 atom stereocenters. The molecule has 0 aliphatic heterocycles. The molecule has 126 valence electrons. The molecule has 24 heavy (non-hydrogen) atoms. The molecule has 0 radical (unpaired) electrons. The second-order valence-corrected chi connectivity index (χ2v) is 8.12. The maximum atomic E-state index is 12.6. The second-order valence-electron chi connectivity index (χ2n) is 5.05. The van der Waals surface area contributed by atoms with Gasteiger partial charge in [-0.2, -0.15) is 0 Å². The predicted molar refractivity (Wildman–Crippen MR) is 100 cm³/mol. The van der Waals surface area contributed by atoms with Gasteiger partial charge in [0.2, 0.25) is 5.13 Å². The number of hydrogen-bond donors (Lipinski definition) is 1. The highest BCUT2D eigenvalue weighted by Gasteiger charge is 2.18. The van der Waals surface area contributed by atoms with Gasteiger partial charge in [-0.15, -0.1) is 21.5 Å². The fraction of sp³-hybridized carbons (Fsp3) is 0.333. The molecule has 0 fully saturated rings. The van der Waals surface area contributed by atoms with E-state index in [1.165, 1.54) is 23.1 Å². The van der Waals surface area contributed by atoms with Crippen molar-refractivity contribution in [2.75, 3.05) is 17.6 Å². The Balaban J connectivity index is 1.72. The van der Waals surface area contributed by atoms with E-state index in [4.69, 9.17) is 0 Å². The Morgan fingerprint density at radius 1 is 1.38 bits per heavy atom. The number of nitrogens with one attached hydrogen (secondary N) is 1. The van der Waals surface area contributed by atoms with Crippen molar-refractivity contribution in [3.63, 3.8) is 0 Å². The van der Waals surface area contributed by atoms with Crippen LogP contribution >= 0.6 is 34.4 Å². The molecule has 6 nitrogen and oxygen atoms in total. The third kappa shape index (κ3) is 3.52. The quantitative estimate of drug-likeness (QED) is 0.497. The molecule has 0 aliphatic carbocycles. The van der Waals surface area contributed by atoms with Crippen molar-refractivity contribution in [2.24, 2.45) is 0 Å². The van der Waals surface area contributed by atoms with Crippen molar-refractivity contribution in [2.45, 2.75) is 25.1 Å². The summed E-state index contributed by atoms with van der Waals surface area (Å²) >= 11 is 4.45. The van der Waals surface area contributed by atoms with Crippen molar-refractivity contribution in [1.29, 1.82) is 0 Å². The lowest BCUT2D eigenvalue weighted by Crippen LogP contribution is -2.05. The first-order valence-corrected chi connectivity index (χ1v) is 10.1. The van der Waals surface area contributed by atoms with Crippen LogP contribution < -0.4 is 5.32 Å². The zero-order chi connectivity index (χ0) is 17.1. The van der Waals surface area contributed by atoms with E-state index in [-0.39, 0.29) is 5.78 Å². The van der Waals surface area contributed by atoms with Crippen molar-refractivity contribution >= 4 is 45.4 Å². The lowest BCUT2D eigenvalue weighted by Gasteiger charge is -2.05. The summed E-state index contributed by atoms with van der Waals surface area (Å²) in [5, 5.41) is 14.9. The van der Waals surface area contributed by atoms with E-state index in [1.807, 2.05) is 36.8 Å². The fourth-order valence-electron chi connectivity index (χ4n) is 2.36. The smallest absolute Gasteiger partial charge is 0.206 e. The molecule has 3 heterocycles. The minimum absolute atomic E-state index is 0.0936. The molecular formula is C15H17N5OS3. The van der Waals surface area contributed by atoms with Crippen molar-refractivity contribution in [1.82, 2.24) is 19.7 Å². The number of Topliss-reactive ketones (excluding diaryl/α,β-unsaturated/α-hetero) is 1. The van der Waals surface area contributed by atoms with Crippen LogP contribution in [0, 0.1) is 13.8 Å². The van der Waals surface area contributed by atoms with Crippen molar-refractivity contribution in [3.8, 4) is 5.13 Å². The van der Waals surface area contributed by atoms with Crippen LogP contribution in [-0.4, -0.2) is 37.8 Å². The Labute approximate surface area is 152 Å². The van der Waals surface area contributed by atoms with Crippen LogP contribution in [-0.2, 0) is 0 Å². The first-order valence-electron chi connectivity index (χ1n) is 7.42. The van der Waals surface area contributed by atoms with Crippen LogP contribution in [0.2, 0.25) is 0 Å². The maximum absolute atomic E-state index is 12.6. The number of ketones is 1. The first-order chi connectivity index (χ1) is 11.6. The number of rotatable bonds is 7. The molecule has 0 saturated carbocycles. The molecule has 1 N–H and O–H groups in total. The number of thioether (sulfide) groups is 1. The molecule has 0 bridgehead atoms. The average Bonchev–Trinajstić information content (AvgIpc) is 3.27. The zero-order valence-electron chi connectivity index (χ0n) is 13.6. The number of aromatic nitrogens is 4. The van der Waals surface area contributed by atoms with Crippen LogP contribution in [0.25, 0.3) is 5.13 Å². The third-order valence-electron chi connectivity index (χ3n) is 3.40. The summed E-state index contributed by atoms with van der Waals surface area (Å²) in [6.07, 6.45) is 1.77. The standard InChI is InChI=1S/C15H17N5OS3/c1-4-16-13-18-19-15(24-13)23-8-12(21)11-7-9(2)20(10(11)3)14-17-5-6-22-14/h5-7H,4,8H2,1-3H3,(H,16,18). The summed E-state index contributed by atoms with van der Waals surface area (Å²) in [5.41, 5.74) is 2.69. The average molecular weight is 380 g/mol. The second kappa shape index (κ2) is 7.45. The molecule has 3 aromatic rings. The lowest BCUT2D eigenvalue weighted by atomic mass is 10.2. The highest BCUT2D eigenvalue weighted by molar-refractivity contribution is 8.01. The topological polar surface area (TPSA) is 72.7 Å². The lowest BCUT2D eigenvalue weighted by molar-refractivity contribution is 0.102. The molecular weight excluding hydrogens is 362 g/mol. The summed E-state index contributed by atoms with van der Waals surface area (Å²) < 4.78 is 2.82. The van der Waals surface area contributed by atoms with Crippen LogP contribution in [0.1, 0.15) is 28.7 Å². The first kappa shape index (κ1) is 17.1.